The zero-order valence-electron chi connectivity index (χ0n) is 23.6. The first-order chi connectivity index (χ1) is 20.5. The third-order valence-electron chi connectivity index (χ3n) is 8.96. The Kier molecular flexibility index (Phi) is 8.67. The lowest BCUT2D eigenvalue weighted by Crippen LogP contribution is -2.57. The van der Waals surface area contributed by atoms with Crippen LogP contribution >= 0.6 is 23.2 Å². The summed E-state index contributed by atoms with van der Waals surface area (Å²) >= 11 is 12.5. The van der Waals surface area contributed by atoms with E-state index in [0.717, 1.165) is 42.7 Å². The highest BCUT2D eigenvalue weighted by molar-refractivity contribution is 6.38. The number of carbonyl (C=O) groups excluding carboxylic acids is 2. The largest absolute Gasteiger partial charge is 0.481 e. The number of rotatable bonds is 8. The molecule has 44 heavy (non-hydrogen) atoms. The van der Waals surface area contributed by atoms with Gasteiger partial charge in [0.25, 0.3) is 5.92 Å². The Labute approximate surface area is 260 Å². The van der Waals surface area contributed by atoms with Crippen molar-refractivity contribution < 1.29 is 41.4 Å². The van der Waals surface area contributed by atoms with E-state index in [1.54, 1.807) is 0 Å². The van der Waals surface area contributed by atoms with Gasteiger partial charge in [-0.2, -0.15) is 13.2 Å². The molecular weight excluding hydrogens is 632 g/mol. The Morgan fingerprint density at radius 3 is 2.48 bits per heavy atom. The highest BCUT2D eigenvalue weighted by Gasteiger charge is 2.62. The lowest BCUT2D eigenvalue weighted by molar-refractivity contribution is -0.147. The topological polar surface area (TPSA) is 90.0 Å². The second-order valence-corrected chi connectivity index (χ2v) is 12.7. The van der Waals surface area contributed by atoms with E-state index >= 15 is 8.78 Å². The third-order valence-corrected chi connectivity index (χ3v) is 9.47. The Hall–Kier alpha value is -2.96. The van der Waals surface area contributed by atoms with Crippen LogP contribution in [0.5, 0.6) is 0 Å². The van der Waals surface area contributed by atoms with Crippen LogP contribution in [-0.4, -0.2) is 52.8 Å². The lowest BCUT2D eigenvalue weighted by Gasteiger charge is -2.42. The Bertz CT molecular complexity index is 1480. The monoisotopic (exact) mass is 661 g/mol. The van der Waals surface area contributed by atoms with Crippen molar-refractivity contribution in [1.82, 2.24) is 4.90 Å². The molecule has 3 atom stereocenters. The first-order valence-corrected chi connectivity index (χ1v) is 14.9. The number of aliphatic carboxylic acids is 1. The zero-order valence-corrected chi connectivity index (χ0v) is 25.1. The summed E-state index contributed by atoms with van der Waals surface area (Å²) in [4.78, 5) is 42.3. The number of benzene rings is 2. The normalized spacial score (nSPS) is 24.3. The predicted octanol–water partition coefficient (Wildman–Crippen LogP) is 7.20. The molecule has 2 aromatic carbocycles. The number of nitrogens with zero attached hydrogens (tertiary/aromatic N) is 2. The number of fused-ring (bicyclic) bond motifs is 1. The van der Waals surface area contributed by atoms with Gasteiger partial charge >= 0.3 is 12.1 Å². The van der Waals surface area contributed by atoms with E-state index in [9.17, 15) is 32.7 Å². The van der Waals surface area contributed by atoms with E-state index in [0.29, 0.717) is 0 Å². The van der Waals surface area contributed by atoms with Crippen molar-refractivity contribution in [3.63, 3.8) is 0 Å². The summed E-state index contributed by atoms with van der Waals surface area (Å²) in [5.41, 5.74) is -3.16. The number of alkyl halides is 5. The first-order valence-electron chi connectivity index (χ1n) is 14.2. The number of likely N-dealkylation sites (tertiary alicyclic amines) is 1. The number of hydrogen-bond donors (Lipinski definition) is 2. The van der Waals surface area contributed by atoms with E-state index in [4.69, 9.17) is 23.2 Å². The SMILES string of the molecule is C[C@@H](C(=O)N(CC1CCCC1)c1cccc(C(F)(F)F)c1)[C@H]1CC(F)(F)CN1[C@@]1(CC(=O)O)C(=O)Nc2c(Cl)cc(Cl)cc21. The van der Waals surface area contributed by atoms with Gasteiger partial charge in [0.05, 0.1) is 35.2 Å². The van der Waals surface area contributed by atoms with Gasteiger partial charge in [-0.25, -0.2) is 8.78 Å². The molecule has 1 aliphatic carbocycles. The van der Waals surface area contributed by atoms with Gasteiger partial charge in [0, 0.05) is 35.3 Å². The Morgan fingerprint density at radius 2 is 1.84 bits per heavy atom. The van der Waals surface area contributed by atoms with Gasteiger partial charge in [0.15, 0.2) is 0 Å². The summed E-state index contributed by atoms with van der Waals surface area (Å²) < 4.78 is 71.4. The summed E-state index contributed by atoms with van der Waals surface area (Å²) in [6.45, 7) is 0.415. The number of anilines is 2. The van der Waals surface area contributed by atoms with Crippen molar-refractivity contribution in [3.8, 4) is 0 Å². The number of nitrogens with one attached hydrogen (secondary N) is 1. The summed E-state index contributed by atoms with van der Waals surface area (Å²) in [7, 11) is 0. The maximum absolute atomic E-state index is 15.3. The van der Waals surface area contributed by atoms with Crippen LogP contribution in [0.1, 0.15) is 56.6 Å². The molecule has 2 aromatic rings. The predicted molar refractivity (Wildman–Crippen MR) is 154 cm³/mol. The average molecular weight is 662 g/mol. The molecule has 2 aliphatic heterocycles. The molecule has 0 spiro atoms. The molecule has 1 saturated heterocycles. The summed E-state index contributed by atoms with van der Waals surface area (Å²) in [6, 6.07) is 5.53. The average Bonchev–Trinajstić information content (AvgIpc) is 3.63. The number of amides is 2. The summed E-state index contributed by atoms with van der Waals surface area (Å²) in [5, 5.41) is 12.4. The van der Waals surface area contributed by atoms with Crippen molar-refractivity contribution in [2.45, 2.75) is 69.1 Å². The maximum Gasteiger partial charge on any atom is 0.416 e. The standard InChI is InChI=1S/C30H30Cl2F5N3O4/c1-16(26(43)39(14-17-5-2-3-6-17)20-8-4-7-18(9-20)30(35,36)37)23-12-28(33,34)15-40(23)29(13-24(41)42)21-10-19(31)11-22(32)25(21)38-27(29)44/h4,7-11,16-17,23H,2-3,5-6,12-15H2,1H3,(H,38,44)(H,41,42)/t16-,23-,29-/m1/s1. The molecule has 2 heterocycles. The lowest BCUT2D eigenvalue weighted by atomic mass is 9.83. The molecule has 2 N–H and O–H groups in total. The number of carbonyl (C=O) groups is 3. The molecule has 3 aliphatic rings. The van der Waals surface area contributed by atoms with Gasteiger partial charge in [-0.05, 0) is 49.1 Å². The van der Waals surface area contributed by atoms with Crippen molar-refractivity contribution in [1.29, 1.82) is 0 Å². The number of carboxylic acids is 1. The van der Waals surface area contributed by atoms with E-state index in [2.05, 4.69) is 5.32 Å². The van der Waals surface area contributed by atoms with E-state index in [1.165, 1.54) is 36.1 Å². The van der Waals surface area contributed by atoms with Gasteiger partial charge in [-0.3, -0.25) is 19.3 Å². The van der Waals surface area contributed by atoms with Crippen LogP contribution < -0.4 is 10.2 Å². The van der Waals surface area contributed by atoms with Crippen LogP contribution in [0, 0.1) is 11.8 Å². The molecule has 7 nitrogen and oxygen atoms in total. The van der Waals surface area contributed by atoms with Gasteiger partial charge in [0.2, 0.25) is 11.8 Å². The van der Waals surface area contributed by atoms with E-state index in [-0.39, 0.29) is 39.4 Å². The van der Waals surface area contributed by atoms with Crippen LogP contribution in [0.15, 0.2) is 36.4 Å². The van der Waals surface area contributed by atoms with Gasteiger partial charge in [0.1, 0.15) is 5.54 Å². The van der Waals surface area contributed by atoms with Crippen molar-refractivity contribution >= 4 is 52.4 Å². The summed E-state index contributed by atoms with van der Waals surface area (Å²) in [5.74, 6) is -7.81. The molecule has 14 heteroatoms. The van der Waals surface area contributed by atoms with Crippen molar-refractivity contribution in [3.05, 3.63) is 57.6 Å². The van der Waals surface area contributed by atoms with Crippen LogP contribution in [0.25, 0.3) is 0 Å². The van der Waals surface area contributed by atoms with Crippen LogP contribution in [0.2, 0.25) is 10.0 Å². The smallest absolute Gasteiger partial charge is 0.416 e. The fourth-order valence-electron chi connectivity index (χ4n) is 6.89. The van der Waals surface area contributed by atoms with Crippen LogP contribution in [-0.2, 0) is 26.1 Å². The maximum atomic E-state index is 15.3. The second kappa shape index (κ2) is 11.8. The molecule has 2 amide bonds. The van der Waals surface area contributed by atoms with Gasteiger partial charge < -0.3 is 15.3 Å². The van der Waals surface area contributed by atoms with Crippen molar-refractivity contribution in [2.75, 3.05) is 23.3 Å². The first kappa shape index (κ1) is 32.4. The fraction of sp³-hybridized carbons (Fsp3) is 0.500. The fourth-order valence-corrected chi connectivity index (χ4v) is 7.43. The molecule has 0 bridgehead atoms. The zero-order chi connectivity index (χ0) is 32.2. The second-order valence-electron chi connectivity index (χ2n) is 11.9. The van der Waals surface area contributed by atoms with Crippen molar-refractivity contribution in [2.24, 2.45) is 11.8 Å². The molecule has 0 aromatic heterocycles. The number of carboxylic acid groups (broad SMARTS) is 1. The molecule has 1 saturated carbocycles. The van der Waals surface area contributed by atoms with Gasteiger partial charge in [-0.1, -0.05) is 49.0 Å². The molecule has 238 valence electrons. The van der Waals surface area contributed by atoms with E-state index < -0.39 is 72.3 Å². The van der Waals surface area contributed by atoms with Crippen LogP contribution in [0.4, 0.5) is 33.3 Å². The van der Waals surface area contributed by atoms with Crippen LogP contribution in [0.3, 0.4) is 0 Å². The Morgan fingerprint density at radius 1 is 1.16 bits per heavy atom. The van der Waals surface area contributed by atoms with Gasteiger partial charge in [-0.15, -0.1) is 0 Å². The molecular formula is C30H30Cl2F5N3O4. The quantitative estimate of drug-likeness (QED) is 0.292. The third kappa shape index (κ3) is 6.00. The minimum absolute atomic E-state index is 0.00284. The number of halogens is 7. The minimum Gasteiger partial charge on any atom is -0.481 e. The minimum atomic E-state index is -4.68. The highest BCUT2D eigenvalue weighted by Crippen LogP contribution is 2.52. The molecule has 0 radical (unpaired) electrons. The number of hydrogen-bond acceptors (Lipinski definition) is 4. The molecule has 5 rings (SSSR count). The molecule has 0 unspecified atom stereocenters. The van der Waals surface area contributed by atoms with E-state index in [1.807, 2.05) is 0 Å². The Balaban J connectivity index is 1.58. The highest BCUT2D eigenvalue weighted by atomic mass is 35.5. The molecule has 2 fully saturated rings. The summed E-state index contributed by atoms with van der Waals surface area (Å²) in [6.07, 6.45) is -3.21.